The van der Waals surface area contributed by atoms with Crippen molar-refractivity contribution in [2.45, 2.75) is 89.3 Å². The number of guanidine groups is 1. The van der Waals surface area contributed by atoms with Crippen molar-refractivity contribution in [3.8, 4) is 0 Å². The molecule has 0 radical (unpaired) electrons. The van der Waals surface area contributed by atoms with Crippen LogP contribution in [0, 0.1) is 0 Å². The summed E-state index contributed by atoms with van der Waals surface area (Å²) in [6, 6.07) is 1.21. The van der Waals surface area contributed by atoms with Gasteiger partial charge in [-0.05, 0) is 32.6 Å². The second-order valence-corrected chi connectivity index (χ2v) is 6.69. The fourth-order valence-electron chi connectivity index (χ4n) is 3.31. The molecule has 0 aromatic heterocycles. The number of hydrogen-bond acceptors (Lipinski definition) is 2. The minimum Gasteiger partial charge on any atom is -0.380 e. The zero-order valence-electron chi connectivity index (χ0n) is 13.9. The van der Waals surface area contributed by atoms with Gasteiger partial charge < -0.3 is 15.4 Å². The molecule has 0 spiro atoms. The van der Waals surface area contributed by atoms with Gasteiger partial charge in [0.2, 0.25) is 0 Å². The summed E-state index contributed by atoms with van der Waals surface area (Å²) in [6.45, 7) is 2.80. The molecule has 2 fully saturated rings. The first-order valence-electron chi connectivity index (χ1n) is 8.88. The summed E-state index contributed by atoms with van der Waals surface area (Å²) in [4.78, 5) is 4.75. The van der Waals surface area contributed by atoms with Gasteiger partial charge in [0.1, 0.15) is 0 Å². The van der Waals surface area contributed by atoms with Crippen molar-refractivity contribution in [1.29, 1.82) is 0 Å². The van der Waals surface area contributed by atoms with Crippen LogP contribution in [-0.2, 0) is 4.74 Å². The van der Waals surface area contributed by atoms with E-state index in [1.807, 2.05) is 0 Å². The monoisotopic (exact) mass is 295 g/mol. The summed E-state index contributed by atoms with van der Waals surface area (Å²) in [7, 11) is 1.75. The van der Waals surface area contributed by atoms with Crippen molar-refractivity contribution < 1.29 is 4.74 Å². The number of hydrogen-bond donors (Lipinski definition) is 2. The Kier molecular flexibility index (Phi) is 7.34. The van der Waals surface area contributed by atoms with Crippen LogP contribution in [0.5, 0.6) is 0 Å². The third kappa shape index (κ3) is 6.25. The zero-order chi connectivity index (χ0) is 14.9. The van der Waals surface area contributed by atoms with Gasteiger partial charge in [-0.3, -0.25) is 4.99 Å². The first-order chi connectivity index (χ1) is 10.3. The first-order valence-corrected chi connectivity index (χ1v) is 8.88. The molecule has 2 N–H and O–H groups in total. The topological polar surface area (TPSA) is 45.6 Å². The van der Waals surface area contributed by atoms with Gasteiger partial charge in [-0.15, -0.1) is 0 Å². The lowest BCUT2D eigenvalue weighted by molar-refractivity contribution is 0.125. The molecule has 1 unspecified atom stereocenters. The van der Waals surface area contributed by atoms with E-state index in [9.17, 15) is 0 Å². The maximum Gasteiger partial charge on any atom is 0.191 e. The van der Waals surface area contributed by atoms with Gasteiger partial charge in [0.15, 0.2) is 5.96 Å². The highest BCUT2D eigenvalue weighted by Crippen LogP contribution is 2.19. The van der Waals surface area contributed by atoms with Crippen LogP contribution in [0.15, 0.2) is 4.99 Å². The van der Waals surface area contributed by atoms with Crippen molar-refractivity contribution in [2.24, 2.45) is 4.99 Å². The number of nitrogens with zero attached hydrogens (tertiary/aromatic N) is 1. The molecule has 21 heavy (non-hydrogen) atoms. The summed E-state index contributed by atoms with van der Waals surface area (Å²) < 4.78 is 5.32. The van der Waals surface area contributed by atoms with Crippen LogP contribution in [0.4, 0.5) is 0 Å². The van der Waals surface area contributed by atoms with E-state index in [4.69, 9.17) is 9.73 Å². The highest BCUT2D eigenvalue weighted by Gasteiger charge is 2.18. The lowest BCUT2D eigenvalue weighted by Gasteiger charge is -2.29. The van der Waals surface area contributed by atoms with Gasteiger partial charge in [0.05, 0.1) is 12.6 Å². The van der Waals surface area contributed by atoms with Crippen LogP contribution < -0.4 is 10.6 Å². The number of methoxy groups -OCH3 is 1. The van der Waals surface area contributed by atoms with E-state index < -0.39 is 0 Å². The molecular formula is C17H33N3O. The molecule has 0 bridgehead atoms. The number of aliphatic imine (C=N–C) groups is 1. The molecule has 2 aliphatic carbocycles. The maximum atomic E-state index is 5.32. The van der Waals surface area contributed by atoms with Crippen molar-refractivity contribution in [2.75, 3.05) is 13.7 Å². The van der Waals surface area contributed by atoms with Crippen LogP contribution in [0.25, 0.3) is 0 Å². The number of ether oxygens (including phenoxy) is 1. The van der Waals surface area contributed by atoms with E-state index in [-0.39, 0.29) is 6.10 Å². The molecule has 4 heteroatoms. The van der Waals surface area contributed by atoms with Gasteiger partial charge in [-0.2, -0.15) is 0 Å². The Morgan fingerprint density at radius 3 is 1.86 bits per heavy atom. The average molecular weight is 295 g/mol. The fraction of sp³-hybridized carbons (Fsp3) is 0.941. The summed E-state index contributed by atoms with van der Waals surface area (Å²) in [5.41, 5.74) is 0. The molecule has 0 saturated heterocycles. The van der Waals surface area contributed by atoms with Gasteiger partial charge in [0, 0.05) is 19.2 Å². The molecule has 2 saturated carbocycles. The quantitative estimate of drug-likeness (QED) is 0.604. The Labute approximate surface area is 130 Å². The Balaban J connectivity index is 1.88. The van der Waals surface area contributed by atoms with Crippen LogP contribution in [0.1, 0.15) is 71.1 Å². The molecule has 2 aliphatic rings. The zero-order valence-corrected chi connectivity index (χ0v) is 13.9. The van der Waals surface area contributed by atoms with Gasteiger partial charge in [0.25, 0.3) is 0 Å². The molecule has 1 atom stereocenters. The minimum atomic E-state index is 0.182. The average Bonchev–Trinajstić information content (AvgIpc) is 2.54. The molecular weight excluding hydrogens is 262 g/mol. The van der Waals surface area contributed by atoms with Gasteiger partial charge >= 0.3 is 0 Å². The largest absolute Gasteiger partial charge is 0.380 e. The highest BCUT2D eigenvalue weighted by molar-refractivity contribution is 5.80. The molecule has 0 aromatic carbocycles. The van der Waals surface area contributed by atoms with E-state index >= 15 is 0 Å². The molecule has 0 aliphatic heterocycles. The standard InChI is InChI=1S/C17H33N3O/c1-14(21-2)13-18-17(19-15-9-5-3-6-10-15)20-16-11-7-4-8-12-16/h14-16H,3-13H2,1-2H3,(H2,18,19,20). The van der Waals surface area contributed by atoms with Crippen molar-refractivity contribution in [3.63, 3.8) is 0 Å². The van der Waals surface area contributed by atoms with Crippen LogP contribution >= 0.6 is 0 Å². The maximum absolute atomic E-state index is 5.32. The Bertz CT molecular complexity index is 285. The highest BCUT2D eigenvalue weighted by atomic mass is 16.5. The minimum absolute atomic E-state index is 0.182. The predicted octanol–water partition coefficient (Wildman–Crippen LogP) is 3.22. The van der Waals surface area contributed by atoms with Gasteiger partial charge in [-0.1, -0.05) is 38.5 Å². The Morgan fingerprint density at radius 1 is 0.952 bits per heavy atom. The Hall–Kier alpha value is -0.770. The van der Waals surface area contributed by atoms with Crippen LogP contribution in [0.3, 0.4) is 0 Å². The van der Waals surface area contributed by atoms with E-state index in [0.717, 1.165) is 12.5 Å². The third-order valence-electron chi connectivity index (χ3n) is 4.80. The van der Waals surface area contributed by atoms with Crippen LogP contribution in [-0.4, -0.2) is 37.8 Å². The number of nitrogens with one attached hydrogen (secondary N) is 2. The SMILES string of the molecule is COC(C)CN=C(NC1CCCCC1)NC1CCCCC1. The van der Waals surface area contributed by atoms with Crippen molar-refractivity contribution in [3.05, 3.63) is 0 Å². The summed E-state index contributed by atoms with van der Waals surface area (Å²) >= 11 is 0. The lowest BCUT2D eigenvalue weighted by atomic mass is 9.95. The summed E-state index contributed by atoms with van der Waals surface area (Å²) in [5.74, 6) is 1.01. The van der Waals surface area contributed by atoms with E-state index in [1.54, 1.807) is 7.11 Å². The summed E-state index contributed by atoms with van der Waals surface area (Å²) in [5, 5.41) is 7.33. The van der Waals surface area contributed by atoms with Crippen molar-refractivity contribution >= 4 is 5.96 Å². The fourth-order valence-corrected chi connectivity index (χ4v) is 3.31. The first kappa shape index (κ1) is 16.6. The molecule has 4 nitrogen and oxygen atoms in total. The second kappa shape index (κ2) is 9.29. The second-order valence-electron chi connectivity index (χ2n) is 6.69. The summed E-state index contributed by atoms with van der Waals surface area (Å²) in [6.07, 6.45) is 13.5. The number of rotatable bonds is 5. The molecule has 0 heterocycles. The Morgan fingerprint density at radius 2 is 1.43 bits per heavy atom. The molecule has 0 aromatic rings. The normalized spacial score (nSPS) is 22.6. The van der Waals surface area contributed by atoms with E-state index in [2.05, 4.69) is 17.6 Å². The smallest absolute Gasteiger partial charge is 0.191 e. The van der Waals surface area contributed by atoms with E-state index in [1.165, 1.54) is 64.2 Å². The van der Waals surface area contributed by atoms with Crippen LogP contribution in [0.2, 0.25) is 0 Å². The van der Waals surface area contributed by atoms with Crippen molar-refractivity contribution in [1.82, 2.24) is 10.6 Å². The third-order valence-corrected chi connectivity index (χ3v) is 4.80. The molecule has 0 amide bonds. The van der Waals surface area contributed by atoms with E-state index in [0.29, 0.717) is 12.1 Å². The lowest BCUT2D eigenvalue weighted by Crippen LogP contribution is -2.48. The predicted molar refractivity (Wildman–Crippen MR) is 88.8 cm³/mol. The van der Waals surface area contributed by atoms with Gasteiger partial charge in [-0.25, -0.2) is 0 Å². The molecule has 2 rings (SSSR count). The molecule has 122 valence electrons.